The van der Waals surface area contributed by atoms with E-state index in [2.05, 4.69) is 44.6 Å². The number of nitrogens with zero attached hydrogens (tertiary/aromatic N) is 3. The highest BCUT2D eigenvalue weighted by Gasteiger charge is 2.18. The molecule has 1 aromatic heterocycles. The van der Waals surface area contributed by atoms with E-state index in [1.54, 1.807) is 0 Å². The summed E-state index contributed by atoms with van der Waals surface area (Å²) in [6.45, 7) is 5.43. The van der Waals surface area contributed by atoms with E-state index in [9.17, 15) is 0 Å². The Morgan fingerprint density at radius 2 is 2.20 bits per heavy atom. The Balaban J connectivity index is 0.00000225. The smallest absolute Gasteiger partial charge is 0.191 e. The van der Waals surface area contributed by atoms with Crippen LogP contribution in [-0.4, -0.2) is 49.8 Å². The molecule has 1 saturated carbocycles. The van der Waals surface area contributed by atoms with Gasteiger partial charge in [0.05, 0.1) is 12.7 Å². The number of hydrogen-bond acceptors (Lipinski definition) is 4. The summed E-state index contributed by atoms with van der Waals surface area (Å²) in [6, 6.07) is 4.79. The average molecular weight is 459 g/mol. The molecule has 25 heavy (non-hydrogen) atoms. The number of hydrogen-bond donors (Lipinski definition) is 2. The second-order valence-electron chi connectivity index (χ2n) is 6.70. The second kappa shape index (κ2) is 10.2. The first-order chi connectivity index (χ1) is 11.7. The minimum atomic E-state index is 0. The van der Waals surface area contributed by atoms with Crippen LogP contribution in [0.2, 0.25) is 0 Å². The van der Waals surface area contributed by atoms with Gasteiger partial charge < -0.3 is 20.3 Å². The SMILES string of the molecule is CN=C(NCc1ccnc(N2CCOC(C)C2)c1)NC1CCCC1.I. The van der Waals surface area contributed by atoms with E-state index < -0.39 is 0 Å². The van der Waals surface area contributed by atoms with E-state index in [1.807, 2.05) is 13.2 Å². The highest BCUT2D eigenvalue weighted by atomic mass is 127. The number of morpholine rings is 1. The van der Waals surface area contributed by atoms with Gasteiger partial charge in [-0.2, -0.15) is 0 Å². The quantitative estimate of drug-likeness (QED) is 0.412. The molecule has 0 amide bonds. The number of anilines is 1. The van der Waals surface area contributed by atoms with Gasteiger partial charge in [0.1, 0.15) is 5.82 Å². The average Bonchev–Trinajstić information content (AvgIpc) is 3.12. The van der Waals surface area contributed by atoms with Gasteiger partial charge in [-0.25, -0.2) is 4.98 Å². The predicted molar refractivity (Wildman–Crippen MR) is 113 cm³/mol. The van der Waals surface area contributed by atoms with Crippen LogP contribution in [0.3, 0.4) is 0 Å². The molecule has 3 rings (SSSR count). The second-order valence-corrected chi connectivity index (χ2v) is 6.70. The van der Waals surface area contributed by atoms with Crippen molar-refractivity contribution in [3.8, 4) is 0 Å². The highest BCUT2D eigenvalue weighted by Crippen LogP contribution is 2.18. The van der Waals surface area contributed by atoms with Crippen LogP contribution in [0.25, 0.3) is 0 Å². The predicted octanol–water partition coefficient (Wildman–Crippen LogP) is 2.53. The molecule has 2 fully saturated rings. The molecule has 2 N–H and O–H groups in total. The van der Waals surface area contributed by atoms with Crippen LogP contribution in [0.1, 0.15) is 38.2 Å². The molecule has 2 aliphatic rings. The topological polar surface area (TPSA) is 61.8 Å². The van der Waals surface area contributed by atoms with Gasteiger partial charge in [0.15, 0.2) is 5.96 Å². The molecule has 6 nitrogen and oxygen atoms in total. The molecule has 1 unspecified atom stereocenters. The summed E-state index contributed by atoms with van der Waals surface area (Å²) in [4.78, 5) is 11.2. The normalized spacial score (nSPS) is 21.8. The minimum Gasteiger partial charge on any atom is -0.375 e. The molecular formula is C18H30IN5O. The van der Waals surface area contributed by atoms with Crippen LogP contribution in [0.5, 0.6) is 0 Å². The Labute approximate surface area is 167 Å². The van der Waals surface area contributed by atoms with E-state index in [-0.39, 0.29) is 30.1 Å². The Morgan fingerprint density at radius 3 is 2.92 bits per heavy atom. The zero-order valence-corrected chi connectivity index (χ0v) is 17.5. The van der Waals surface area contributed by atoms with E-state index in [4.69, 9.17) is 4.74 Å². The molecule has 0 aromatic carbocycles. The summed E-state index contributed by atoms with van der Waals surface area (Å²) in [5.41, 5.74) is 1.22. The van der Waals surface area contributed by atoms with Crippen molar-refractivity contribution >= 4 is 35.8 Å². The van der Waals surface area contributed by atoms with Crippen molar-refractivity contribution in [1.29, 1.82) is 0 Å². The number of halogens is 1. The molecule has 1 atom stereocenters. The lowest BCUT2D eigenvalue weighted by Crippen LogP contribution is -2.42. The van der Waals surface area contributed by atoms with Crippen molar-refractivity contribution in [2.24, 2.45) is 4.99 Å². The summed E-state index contributed by atoms with van der Waals surface area (Å²) < 4.78 is 5.61. The summed E-state index contributed by atoms with van der Waals surface area (Å²) in [7, 11) is 1.83. The fourth-order valence-electron chi connectivity index (χ4n) is 3.41. The van der Waals surface area contributed by atoms with Crippen LogP contribution in [-0.2, 0) is 11.3 Å². The molecule has 7 heteroatoms. The van der Waals surface area contributed by atoms with Crippen LogP contribution < -0.4 is 15.5 Å². The van der Waals surface area contributed by atoms with Crippen molar-refractivity contribution in [1.82, 2.24) is 15.6 Å². The van der Waals surface area contributed by atoms with Crippen molar-refractivity contribution in [2.75, 3.05) is 31.6 Å². The molecule has 1 saturated heterocycles. The lowest BCUT2D eigenvalue weighted by atomic mass is 10.2. The van der Waals surface area contributed by atoms with Crippen molar-refractivity contribution in [3.05, 3.63) is 23.9 Å². The van der Waals surface area contributed by atoms with Crippen LogP contribution in [0, 0.1) is 0 Å². The lowest BCUT2D eigenvalue weighted by Gasteiger charge is -2.32. The molecule has 1 aromatic rings. The summed E-state index contributed by atoms with van der Waals surface area (Å²) in [5, 5.41) is 6.94. The third kappa shape index (κ3) is 5.99. The maximum absolute atomic E-state index is 5.61. The van der Waals surface area contributed by atoms with Gasteiger partial charge in [-0.1, -0.05) is 12.8 Å². The standard InChI is InChI=1S/C18H29N5O.HI/c1-14-13-23(9-10-24-14)17-11-15(7-8-20-17)12-21-18(19-2)22-16-5-3-4-6-16;/h7-8,11,14,16H,3-6,9-10,12-13H2,1-2H3,(H2,19,21,22);1H. The number of guanidine groups is 1. The van der Waals surface area contributed by atoms with Crippen molar-refractivity contribution in [2.45, 2.75) is 51.3 Å². The zero-order valence-electron chi connectivity index (χ0n) is 15.2. The zero-order chi connectivity index (χ0) is 16.8. The van der Waals surface area contributed by atoms with Gasteiger partial charge in [0, 0.05) is 38.9 Å². The minimum absolute atomic E-state index is 0. The van der Waals surface area contributed by atoms with E-state index in [1.165, 1.54) is 31.2 Å². The molecule has 1 aliphatic heterocycles. The van der Waals surface area contributed by atoms with E-state index >= 15 is 0 Å². The fourth-order valence-corrected chi connectivity index (χ4v) is 3.41. The number of aliphatic imine (C=N–C) groups is 1. The number of aromatic nitrogens is 1. The fraction of sp³-hybridized carbons (Fsp3) is 0.667. The Morgan fingerprint density at radius 1 is 1.40 bits per heavy atom. The monoisotopic (exact) mass is 459 g/mol. The number of rotatable bonds is 4. The maximum Gasteiger partial charge on any atom is 0.191 e. The third-order valence-electron chi connectivity index (χ3n) is 4.75. The third-order valence-corrected chi connectivity index (χ3v) is 4.75. The molecule has 140 valence electrons. The van der Waals surface area contributed by atoms with Crippen molar-refractivity contribution in [3.63, 3.8) is 0 Å². The van der Waals surface area contributed by atoms with E-state index in [0.29, 0.717) is 6.04 Å². The number of nitrogens with one attached hydrogen (secondary N) is 2. The molecular weight excluding hydrogens is 429 g/mol. The van der Waals surface area contributed by atoms with Crippen LogP contribution in [0.15, 0.2) is 23.3 Å². The maximum atomic E-state index is 5.61. The van der Waals surface area contributed by atoms with Gasteiger partial charge in [0.25, 0.3) is 0 Å². The van der Waals surface area contributed by atoms with Gasteiger partial charge in [-0.15, -0.1) is 24.0 Å². The summed E-state index contributed by atoms with van der Waals surface area (Å²) in [5.74, 6) is 1.92. The Bertz CT molecular complexity index is 562. The molecule has 2 heterocycles. The van der Waals surface area contributed by atoms with Crippen LogP contribution >= 0.6 is 24.0 Å². The summed E-state index contributed by atoms with van der Waals surface area (Å²) >= 11 is 0. The Kier molecular flexibility index (Phi) is 8.21. The largest absolute Gasteiger partial charge is 0.375 e. The summed E-state index contributed by atoms with van der Waals surface area (Å²) in [6.07, 6.45) is 7.28. The lowest BCUT2D eigenvalue weighted by molar-refractivity contribution is 0.0529. The Hall–Kier alpha value is -1.09. The van der Waals surface area contributed by atoms with E-state index in [0.717, 1.165) is 38.0 Å². The highest BCUT2D eigenvalue weighted by molar-refractivity contribution is 14.0. The van der Waals surface area contributed by atoms with Crippen molar-refractivity contribution < 1.29 is 4.74 Å². The molecule has 1 aliphatic carbocycles. The first-order valence-electron chi connectivity index (χ1n) is 9.03. The number of pyridine rings is 1. The van der Waals surface area contributed by atoms with Gasteiger partial charge in [-0.3, -0.25) is 4.99 Å². The van der Waals surface area contributed by atoms with Gasteiger partial charge >= 0.3 is 0 Å². The molecule has 0 spiro atoms. The first kappa shape index (κ1) is 20.2. The number of ether oxygens (including phenoxy) is 1. The van der Waals surface area contributed by atoms with Gasteiger partial charge in [0.2, 0.25) is 0 Å². The molecule has 0 bridgehead atoms. The van der Waals surface area contributed by atoms with Crippen LogP contribution in [0.4, 0.5) is 5.82 Å². The van der Waals surface area contributed by atoms with Gasteiger partial charge in [-0.05, 0) is 37.5 Å². The first-order valence-corrected chi connectivity index (χ1v) is 9.03. The molecule has 0 radical (unpaired) electrons.